The van der Waals surface area contributed by atoms with Gasteiger partial charge in [-0.15, -0.1) is 0 Å². The van der Waals surface area contributed by atoms with E-state index in [1.54, 1.807) is 13.0 Å². The van der Waals surface area contributed by atoms with Gasteiger partial charge in [-0.05, 0) is 24.6 Å². The molecule has 0 aliphatic heterocycles. The Hall–Kier alpha value is -2.47. The molecule has 0 radical (unpaired) electrons. The lowest BCUT2D eigenvalue weighted by Crippen LogP contribution is -2.14. The molecule has 2 aromatic rings. The van der Waals surface area contributed by atoms with Crippen molar-refractivity contribution in [3.05, 3.63) is 68.5 Å². The van der Waals surface area contributed by atoms with Crippen LogP contribution in [0.25, 0.3) is 0 Å². The van der Waals surface area contributed by atoms with Crippen LogP contribution in [0.2, 0.25) is 5.02 Å². The average molecular weight is 309 g/mol. The number of rotatable bonds is 3. The van der Waals surface area contributed by atoms with Gasteiger partial charge in [0.2, 0.25) is 0 Å². The molecule has 0 fully saturated rings. The van der Waals surface area contributed by atoms with Crippen molar-refractivity contribution in [3.8, 4) is 0 Å². The standard InChI is InChI=1S/C14H10ClFN2O3/c1-8-3-2-4-12(16)13(8)17-14(19)10-7-9(18(20)21)5-6-11(10)15/h2-7H,1H3,(H,17,19). The van der Waals surface area contributed by atoms with E-state index in [4.69, 9.17) is 11.6 Å². The van der Waals surface area contributed by atoms with E-state index in [-0.39, 0.29) is 22.0 Å². The lowest BCUT2D eigenvalue weighted by atomic mass is 10.1. The second kappa shape index (κ2) is 5.88. The minimum Gasteiger partial charge on any atom is -0.319 e. The van der Waals surface area contributed by atoms with Gasteiger partial charge in [0.1, 0.15) is 5.82 Å². The maximum Gasteiger partial charge on any atom is 0.270 e. The smallest absolute Gasteiger partial charge is 0.270 e. The third kappa shape index (κ3) is 3.17. The van der Waals surface area contributed by atoms with Crippen molar-refractivity contribution in [2.24, 2.45) is 0 Å². The molecule has 5 nitrogen and oxygen atoms in total. The van der Waals surface area contributed by atoms with Gasteiger partial charge in [0, 0.05) is 12.1 Å². The van der Waals surface area contributed by atoms with Crippen LogP contribution in [0.4, 0.5) is 15.8 Å². The molecular formula is C14H10ClFN2O3. The van der Waals surface area contributed by atoms with Crippen LogP contribution in [0.5, 0.6) is 0 Å². The lowest BCUT2D eigenvalue weighted by Gasteiger charge is -2.10. The summed E-state index contributed by atoms with van der Waals surface area (Å²) in [6.07, 6.45) is 0. The normalized spacial score (nSPS) is 10.2. The monoisotopic (exact) mass is 308 g/mol. The summed E-state index contributed by atoms with van der Waals surface area (Å²) in [7, 11) is 0. The third-order valence-electron chi connectivity index (χ3n) is 2.87. The molecule has 0 saturated heterocycles. The zero-order valence-electron chi connectivity index (χ0n) is 10.9. The largest absolute Gasteiger partial charge is 0.319 e. The number of amides is 1. The molecule has 0 aliphatic rings. The number of hydrogen-bond acceptors (Lipinski definition) is 3. The second-order valence-corrected chi connectivity index (χ2v) is 4.71. The summed E-state index contributed by atoms with van der Waals surface area (Å²) in [6.45, 7) is 1.63. The van der Waals surface area contributed by atoms with Gasteiger partial charge < -0.3 is 5.32 Å². The summed E-state index contributed by atoms with van der Waals surface area (Å²) < 4.78 is 13.7. The van der Waals surface area contributed by atoms with E-state index in [0.717, 1.165) is 6.07 Å². The molecule has 21 heavy (non-hydrogen) atoms. The molecule has 1 N–H and O–H groups in total. The highest BCUT2D eigenvalue weighted by molar-refractivity contribution is 6.34. The quantitative estimate of drug-likeness (QED) is 0.689. The SMILES string of the molecule is Cc1cccc(F)c1NC(=O)c1cc([N+](=O)[O-])ccc1Cl. The predicted molar refractivity (Wildman–Crippen MR) is 77.2 cm³/mol. The summed E-state index contributed by atoms with van der Waals surface area (Å²) in [6, 6.07) is 7.84. The fourth-order valence-electron chi connectivity index (χ4n) is 1.77. The molecule has 0 aliphatic carbocycles. The number of hydrogen-bond donors (Lipinski definition) is 1. The van der Waals surface area contributed by atoms with Crippen molar-refractivity contribution >= 4 is 28.9 Å². The van der Waals surface area contributed by atoms with Crippen LogP contribution in [0.1, 0.15) is 15.9 Å². The van der Waals surface area contributed by atoms with Crippen molar-refractivity contribution in [3.63, 3.8) is 0 Å². The van der Waals surface area contributed by atoms with E-state index >= 15 is 0 Å². The topological polar surface area (TPSA) is 72.2 Å². The number of carbonyl (C=O) groups excluding carboxylic acids is 1. The Bertz CT molecular complexity index is 714. The number of aryl methyl sites for hydroxylation is 1. The molecule has 0 atom stereocenters. The predicted octanol–water partition coefficient (Wildman–Crippen LogP) is 3.95. The van der Waals surface area contributed by atoms with Gasteiger partial charge in [-0.25, -0.2) is 4.39 Å². The van der Waals surface area contributed by atoms with E-state index in [2.05, 4.69) is 5.32 Å². The molecule has 2 rings (SSSR count). The highest BCUT2D eigenvalue weighted by Gasteiger charge is 2.17. The Balaban J connectivity index is 2.37. The van der Waals surface area contributed by atoms with Gasteiger partial charge in [-0.3, -0.25) is 14.9 Å². The summed E-state index contributed by atoms with van der Waals surface area (Å²) in [5, 5.41) is 13.2. The molecule has 0 spiro atoms. The molecule has 7 heteroatoms. The van der Waals surface area contributed by atoms with E-state index in [0.29, 0.717) is 5.56 Å². The van der Waals surface area contributed by atoms with Gasteiger partial charge >= 0.3 is 0 Å². The van der Waals surface area contributed by atoms with Gasteiger partial charge in [0.05, 0.1) is 21.2 Å². The fourth-order valence-corrected chi connectivity index (χ4v) is 1.98. The maximum absolute atomic E-state index is 13.7. The maximum atomic E-state index is 13.7. The molecule has 0 saturated carbocycles. The number of nitrogens with one attached hydrogen (secondary N) is 1. The van der Waals surface area contributed by atoms with Crippen LogP contribution < -0.4 is 5.32 Å². The zero-order chi connectivity index (χ0) is 15.6. The summed E-state index contributed by atoms with van der Waals surface area (Å²) in [5.74, 6) is -1.30. The molecule has 0 heterocycles. The third-order valence-corrected chi connectivity index (χ3v) is 3.20. The van der Waals surface area contributed by atoms with E-state index in [1.807, 2.05) is 0 Å². The second-order valence-electron chi connectivity index (χ2n) is 4.31. The summed E-state index contributed by atoms with van der Waals surface area (Å²) in [4.78, 5) is 22.2. The molecule has 0 aromatic heterocycles. The van der Waals surface area contributed by atoms with Gasteiger partial charge in [0.25, 0.3) is 11.6 Å². The number of non-ortho nitro benzene ring substituents is 1. The van der Waals surface area contributed by atoms with Crippen molar-refractivity contribution in [2.45, 2.75) is 6.92 Å². The Morgan fingerprint density at radius 1 is 1.33 bits per heavy atom. The molecule has 2 aromatic carbocycles. The summed E-state index contributed by atoms with van der Waals surface area (Å²) >= 11 is 5.86. The number of para-hydroxylation sites is 1. The van der Waals surface area contributed by atoms with E-state index in [9.17, 15) is 19.3 Å². The minimum absolute atomic E-state index is 0.0186. The summed E-state index contributed by atoms with van der Waals surface area (Å²) in [5.41, 5.74) is 0.193. The lowest BCUT2D eigenvalue weighted by molar-refractivity contribution is -0.384. The Morgan fingerprint density at radius 3 is 2.67 bits per heavy atom. The van der Waals surface area contributed by atoms with Crippen LogP contribution in [0.3, 0.4) is 0 Å². The Morgan fingerprint density at radius 2 is 2.05 bits per heavy atom. The van der Waals surface area contributed by atoms with Crippen molar-refractivity contribution < 1.29 is 14.1 Å². The first-order valence-electron chi connectivity index (χ1n) is 5.90. The highest BCUT2D eigenvalue weighted by atomic mass is 35.5. The zero-order valence-corrected chi connectivity index (χ0v) is 11.6. The molecule has 1 amide bonds. The van der Waals surface area contributed by atoms with Crippen molar-refractivity contribution in [1.29, 1.82) is 0 Å². The van der Waals surface area contributed by atoms with Crippen LogP contribution in [-0.2, 0) is 0 Å². The number of nitro groups is 1. The number of halogens is 2. The van der Waals surface area contributed by atoms with Crippen molar-refractivity contribution in [2.75, 3.05) is 5.32 Å². The van der Waals surface area contributed by atoms with Crippen LogP contribution in [0, 0.1) is 22.9 Å². The number of nitro benzene ring substituents is 1. The number of anilines is 1. The van der Waals surface area contributed by atoms with E-state index in [1.165, 1.54) is 24.3 Å². The fraction of sp³-hybridized carbons (Fsp3) is 0.0714. The first kappa shape index (κ1) is 14.9. The van der Waals surface area contributed by atoms with Gasteiger partial charge in [-0.1, -0.05) is 23.7 Å². The highest BCUT2D eigenvalue weighted by Crippen LogP contribution is 2.25. The molecule has 0 bridgehead atoms. The Kier molecular flexibility index (Phi) is 4.18. The number of benzene rings is 2. The number of carbonyl (C=O) groups is 1. The van der Waals surface area contributed by atoms with Gasteiger partial charge in [-0.2, -0.15) is 0 Å². The first-order chi connectivity index (χ1) is 9.90. The average Bonchev–Trinajstić information content (AvgIpc) is 2.43. The van der Waals surface area contributed by atoms with Crippen LogP contribution >= 0.6 is 11.6 Å². The molecular weight excluding hydrogens is 299 g/mol. The first-order valence-corrected chi connectivity index (χ1v) is 6.28. The molecule has 0 unspecified atom stereocenters. The molecule has 108 valence electrons. The number of nitrogens with zero attached hydrogens (tertiary/aromatic N) is 1. The van der Waals surface area contributed by atoms with E-state index < -0.39 is 16.6 Å². The Labute approximate surface area is 124 Å². The minimum atomic E-state index is -0.711. The van der Waals surface area contributed by atoms with Crippen molar-refractivity contribution in [1.82, 2.24) is 0 Å². The van der Waals surface area contributed by atoms with Gasteiger partial charge in [0.15, 0.2) is 0 Å². The van der Waals surface area contributed by atoms with Crippen LogP contribution in [0.15, 0.2) is 36.4 Å². The van der Waals surface area contributed by atoms with Crippen LogP contribution in [-0.4, -0.2) is 10.8 Å².